The highest BCUT2D eigenvalue weighted by molar-refractivity contribution is 6.74. The quantitative estimate of drug-likeness (QED) is 0.592. The van der Waals surface area contributed by atoms with Crippen LogP contribution in [0.2, 0.25) is 18.1 Å². The Bertz CT molecular complexity index is 399. The molecule has 2 aliphatic rings. The monoisotopic (exact) mass is 302 g/mol. The minimum absolute atomic E-state index is 0.126. The second-order valence-corrected chi connectivity index (χ2v) is 12.4. The van der Waals surface area contributed by atoms with Crippen LogP contribution in [0.5, 0.6) is 0 Å². The third-order valence-corrected chi connectivity index (χ3v) is 8.91. The number of cyclic esters (lactones) is 1. The Morgan fingerprint density at radius 2 is 1.85 bits per heavy atom. The second-order valence-electron chi connectivity index (χ2n) is 7.57. The first kappa shape index (κ1) is 15.9. The van der Waals surface area contributed by atoms with Gasteiger partial charge in [0.15, 0.2) is 26.3 Å². The van der Waals surface area contributed by atoms with E-state index in [1.165, 1.54) is 0 Å². The summed E-state index contributed by atoms with van der Waals surface area (Å²) in [6.07, 6.45) is -1.34. The fourth-order valence-electron chi connectivity index (χ4n) is 2.16. The van der Waals surface area contributed by atoms with E-state index >= 15 is 0 Å². The molecule has 0 radical (unpaired) electrons. The predicted molar refractivity (Wildman–Crippen MR) is 76.9 cm³/mol. The first-order valence-electron chi connectivity index (χ1n) is 7.13. The van der Waals surface area contributed by atoms with Gasteiger partial charge in [0.05, 0.1) is 6.61 Å². The molecule has 2 fully saturated rings. The lowest BCUT2D eigenvalue weighted by Gasteiger charge is -2.37. The van der Waals surface area contributed by atoms with Crippen LogP contribution in [0.4, 0.5) is 0 Å². The van der Waals surface area contributed by atoms with E-state index in [-0.39, 0.29) is 23.2 Å². The van der Waals surface area contributed by atoms with Gasteiger partial charge in [0.25, 0.3) is 0 Å². The highest BCUT2D eigenvalue weighted by atomic mass is 28.4. The normalized spacial score (nSPS) is 33.1. The van der Waals surface area contributed by atoms with Gasteiger partial charge in [0.1, 0.15) is 6.10 Å². The summed E-state index contributed by atoms with van der Waals surface area (Å²) in [5.74, 6) is -1.08. The van der Waals surface area contributed by atoms with Crippen molar-refractivity contribution in [3.05, 3.63) is 0 Å². The van der Waals surface area contributed by atoms with Crippen molar-refractivity contribution in [2.24, 2.45) is 0 Å². The maximum atomic E-state index is 11.8. The largest absolute Gasteiger partial charge is 0.455 e. The van der Waals surface area contributed by atoms with Crippen molar-refractivity contribution < 1.29 is 23.4 Å². The molecule has 0 saturated carbocycles. The lowest BCUT2D eigenvalue weighted by Crippen LogP contribution is -2.44. The van der Waals surface area contributed by atoms with Crippen LogP contribution in [-0.4, -0.2) is 45.0 Å². The number of hydrogen-bond donors (Lipinski definition) is 0. The van der Waals surface area contributed by atoms with Crippen LogP contribution in [0.3, 0.4) is 0 Å². The summed E-state index contributed by atoms with van der Waals surface area (Å²) in [5.41, 5.74) is 0. The Morgan fingerprint density at radius 3 is 2.40 bits per heavy atom. The maximum Gasteiger partial charge on any atom is 0.338 e. The molecule has 0 aromatic rings. The lowest BCUT2D eigenvalue weighted by atomic mass is 10.1. The van der Waals surface area contributed by atoms with Gasteiger partial charge >= 0.3 is 5.97 Å². The SMILES string of the molecule is CC1(C)O[C@@H]2[C@H](CO[Si](C)(C)C(C)(C)C)OC(=O)[C@@H]2O1. The highest BCUT2D eigenvalue weighted by Gasteiger charge is 2.56. The zero-order chi connectivity index (χ0) is 15.3. The smallest absolute Gasteiger partial charge is 0.338 e. The highest BCUT2D eigenvalue weighted by Crippen LogP contribution is 2.39. The summed E-state index contributed by atoms with van der Waals surface area (Å²) in [6, 6.07) is 0. The van der Waals surface area contributed by atoms with Crippen LogP contribution in [0.15, 0.2) is 0 Å². The van der Waals surface area contributed by atoms with Crippen LogP contribution < -0.4 is 0 Å². The van der Waals surface area contributed by atoms with Crippen molar-refractivity contribution >= 4 is 14.3 Å². The molecule has 20 heavy (non-hydrogen) atoms. The zero-order valence-corrected chi connectivity index (χ0v) is 14.5. The van der Waals surface area contributed by atoms with Crippen molar-refractivity contribution in [1.29, 1.82) is 0 Å². The van der Waals surface area contributed by atoms with Gasteiger partial charge in [0, 0.05) is 0 Å². The fraction of sp³-hybridized carbons (Fsp3) is 0.929. The van der Waals surface area contributed by atoms with Crippen molar-refractivity contribution in [1.82, 2.24) is 0 Å². The Hall–Kier alpha value is -0.433. The molecular formula is C14H26O5Si. The molecule has 0 N–H and O–H groups in total. The molecule has 0 spiro atoms. The van der Waals surface area contributed by atoms with E-state index in [9.17, 15) is 4.79 Å². The number of carbonyl (C=O) groups excluding carboxylic acids is 1. The first-order chi connectivity index (χ1) is 8.93. The van der Waals surface area contributed by atoms with E-state index in [2.05, 4.69) is 33.9 Å². The summed E-state index contributed by atoms with van der Waals surface area (Å²) >= 11 is 0. The molecule has 3 atom stereocenters. The van der Waals surface area contributed by atoms with Gasteiger partial charge in [-0.15, -0.1) is 0 Å². The molecule has 2 aliphatic heterocycles. The van der Waals surface area contributed by atoms with Gasteiger partial charge in [-0.2, -0.15) is 0 Å². The van der Waals surface area contributed by atoms with E-state index in [0.717, 1.165) is 0 Å². The number of ether oxygens (including phenoxy) is 3. The Morgan fingerprint density at radius 1 is 1.25 bits per heavy atom. The van der Waals surface area contributed by atoms with Crippen LogP contribution >= 0.6 is 0 Å². The van der Waals surface area contributed by atoms with Crippen LogP contribution in [-0.2, 0) is 23.4 Å². The van der Waals surface area contributed by atoms with Gasteiger partial charge in [0.2, 0.25) is 0 Å². The fourth-order valence-corrected chi connectivity index (χ4v) is 3.18. The Kier molecular flexibility index (Phi) is 3.82. The Labute approximate surface area is 122 Å². The summed E-state index contributed by atoms with van der Waals surface area (Å²) < 4.78 is 22.8. The van der Waals surface area contributed by atoms with Gasteiger partial charge in [-0.1, -0.05) is 20.8 Å². The molecule has 2 saturated heterocycles. The summed E-state index contributed by atoms with van der Waals surface area (Å²) in [5, 5.41) is 0.126. The summed E-state index contributed by atoms with van der Waals surface area (Å²) in [4.78, 5) is 11.8. The van der Waals surface area contributed by atoms with Crippen LogP contribution in [0.25, 0.3) is 0 Å². The summed E-state index contributed by atoms with van der Waals surface area (Å²) in [6.45, 7) is 14.9. The second kappa shape index (κ2) is 4.80. The van der Waals surface area contributed by atoms with Crippen LogP contribution in [0.1, 0.15) is 34.6 Å². The molecule has 0 aromatic heterocycles. The minimum Gasteiger partial charge on any atom is -0.455 e. The lowest BCUT2D eigenvalue weighted by molar-refractivity contribution is -0.188. The van der Waals surface area contributed by atoms with Crippen LogP contribution in [0, 0.1) is 0 Å². The molecular weight excluding hydrogens is 276 g/mol. The standard InChI is InChI=1S/C14H26O5Si/c1-13(2,3)20(6,7)16-8-9-10-11(12(15)17-9)19-14(4,5)18-10/h9-11H,8H2,1-7H3/t9-,10+,11+/m0/s1. The maximum absolute atomic E-state index is 11.8. The first-order valence-corrected chi connectivity index (χ1v) is 10.0. The molecule has 0 amide bonds. The van der Waals surface area contributed by atoms with Gasteiger partial charge in [-0.3, -0.25) is 0 Å². The van der Waals surface area contributed by atoms with E-state index in [0.29, 0.717) is 6.61 Å². The Balaban J connectivity index is 2.00. The molecule has 0 bridgehead atoms. The number of esters is 1. The molecule has 2 heterocycles. The molecule has 2 rings (SSSR count). The predicted octanol–water partition coefficient (Wildman–Crippen LogP) is 2.45. The average molecular weight is 302 g/mol. The number of carbonyl (C=O) groups is 1. The van der Waals surface area contributed by atoms with Gasteiger partial charge < -0.3 is 18.6 Å². The molecule has 0 aromatic carbocycles. The van der Waals surface area contributed by atoms with E-state index in [4.69, 9.17) is 18.6 Å². The van der Waals surface area contributed by atoms with Crippen molar-refractivity contribution in [2.45, 2.75) is 76.8 Å². The van der Waals surface area contributed by atoms with E-state index in [1.54, 1.807) is 0 Å². The van der Waals surface area contributed by atoms with Gasteiger partial charge in [-0.25, -0.2) is 4.79 Å². The summed E-state index contributed by atoms with van der Waals surface area (Å²) in [7, 11) is -1.86. The molecule has 116 valence electrons. The molecule has 0 unspecified atom stereocenters. The number of fused-ring (bicyclic) bond motifs is 1. The van der Waals surface area contributed by atoms with Gasteiger partial charge in [-0.05, 0) is 32.0 Å². The minimum atomic E-state index is -1.86. The van der Waals surface area contributed by atoms with E-state index in [1.807, 2.05) is 13.8 Å². The van der Waals surface area contributed by atoms with Crippen molar-refractivity contribution in [3.8, 4) is 0 Å². The third-order valence-electron chi connectivity index (χ3n) is 4.41. The topological polar surface area (TPSA) is 54.0 Å². The third kappa shape index (κ3) is 2.93. The van der Waals surface area contributed by atoms with Crippen molar-refractivity contribution in [3.63, 3.8) is 0 Å². The molecule has 6 heteroatoms. The number of hydrogen-bond acceptors (Lipinski definition) is 5. The average Bonchev–Trinajstić information content (AvgIpc) is 2.70. The number of rotatable bonds is 3. The zero-order valence-electron chi connectivity index (χ0n) is 13.5. The van der Waals surface area contributed by atoms with E-state index < -0.39 is 20.2 Å². The van der Waals surface area contributed by atoms with Crippen molar-refractivity contribution in [2.75, 3.05) is 6.61 Å². The molecule has 5 nitrogen and oxygen atoms in total. The molecule has 0 aliphatic carbocycles.